The Kier molecular flexibility index (Phi) is 3.95. The third-order valence-electron chi connectivity index (χ3n) is 3.06. The number of fused-ring (bicyclic) bond motifs is 1. The van der Waals surface area contributed by atoms with E-state index in [1.54, 1.807) is 24.4 Å². The summed E-state index contributed by atoms with van der Waals surface area (Å²) in [6.07, 6.45) is 1.60. The maximum atomic E-state index is 12.5. The molecule has 0 atom stereocenters. The number of halogens is 2. The molecule has 0 aliphatic carbocycles. The van der Waals surface area contributed by atoms with Gasteiger partial charge >= 0.3 is 0 Å². The van der Waals surface area contributed by atoms with Gasteiger partial charge in [0.1, 0.15) is 4.90 Å². The van der Waals surface area contributed by atoms with Gasteiger partial charge in [0, 0.05) is 16.6 Å². The van der Waals surface area contributed by atoms with E-state index in [0.717, 1.165) is 5.39 Å². The summed E-state index contributed by atoms with van der Waals surface area (Å²) in [6.45, 7) is 0. The molecule has 0 aliphatic heterocycles. The molecule has 0 bridgehead atoms. The first-order valence-electron chi connectivity index (χ1n) is 6.29. The molecular weight excluding hydrogens is 343 g/mol. The van der Waals surface area contributed by atoms with Gasteiger partial charge in [-0.05, 0) is 30.3 Å². The fourth-order valence-electron chi connectivity index (χ4n) is 2.07. The summed E-state index contributed by atoms with van der Waals surface area (Å²) in [7, 11) is -3.86. The van der Waals surface area contributed by atoms with E-state index >= 15 is 0 Å². The molecule has 0 saturated carbocycles. The van der Waals surface area contributed by atoms with Gasteiger partial charge in [0.2, 0.25) is 0 Å². The van der Waals surface area contributed by atoms with Crippen molar-refractivity contribution in [1.82, 2.24) is 4.98 Å². The van der Waals surface area contributed by atoms with Crippen LogP contribution in [0.5, 0.6) is 0 Å². The highest BCUT2D eigenvalue weighted by Crippen LogP contribution is 2.28. The second-order valence-corrected chi connectivity index (χ2v) is 7.06. The number of sulfonamides is 1. The Balaban J connectivity index is 2.09. The number of benzene rings is 2. The van der Waals surface area contributed by atoms with Crippen molar-refractivity contribution in [3.05, 3.63) is 64.8 Å². The molecule has 0 aliphatic rings. The molecule has 0 amide bonds. The minimum Gasteiger partial charge on any atom is -0.277 e. The fourth-order valence-corrected chi connectivity index (χ4v) is 3.90. The molecule has 22 heavy (non-hydrogen) atoms. The number of rotatable bonds is 3. The third-order valence-corrected chi connectivity index (χ3v) is 5.14. The highest BCUT2D eigenvalue weighted by atomic mass is 35.5. The molecule has 0 unspecified atom stereocenters. The zero-order valence-electron chi connectivity index (χ0n) is 11.1. The molecule has 0 saturated heterocycles. The van der Waals surface area contributed by atoms with Crippen LogP contribution in [0.15, 0.2) is 59.6 Å². The molecule has 1 heterocycles. The van der Waals surface area contributed by atoms with E-state index in [9.17, 15) is 8.42 Å². The Bertz CT molecular complexity index is 953. The SMILES string of the molecule is O=S(=O)(Nc1cccc2cccnc12)c1cc(Cl)ccc1Cl. The maximum absolute atomic E-state index is 12.5. The maximum Gasteiger partial charge on any atom is 0.263 e. The van der Waals surface area contributed by atoms with E-state index in [1.807, 2.05) is 12.1 Å². The van der Waals surface area contributed by atoms with Crippen LogP contribution in [0.3, 0.4) is 0 Å². The van der Waals surface area contributed by atoms with Crippen molar-refractivity contribution in [1.29, 1.82) is 0 Å². The van der Waals surface area contributed by atoms with E-state index in [1.165, 1.54) is 18.2 Å². The van der Waals surface area contributed by atoms with E-state index in [4.69, 9.17) is 23.2 Å². The Morgan fingerprint density at radius 1 is 1.00 bits per heavy atom. The van der Waals surface area contributed by atoms with E-state index < -0.39 is 10.0 Å². The summed E-state index contributed by atoms with van der Waals surface area (Å²) in [6, 6.07) is 13.2. The normalized spacial score (nSPS) is 11.5. The molecular formula is C15H10Cl2N2O2S. The highest BCUT2D eigenvalue weighted by Gasteiger charge is 2.19. The zero-order valence-corrected chi connectivity index (χ0v) is 13.5. The molecule has 0 radical (unpaired) electrons. The Morgan fingerprint density at radius 2 is 1.77 bits per heavy atom. The van der Waals surface area contributed by atoms with Crippen molar-refractivity contribution in [3.8, 4) is 0 Å². The molecule has 0 fully saturated rings. The molecule has 2 aromatic carbocycles. The number of aromatic nitrogens is 1. The van der Waals surface area contributed by atoms with Gasteiger partial charge in [0.25, 0.3) is 10.0 Å². The topological polar surface area (TPSA) is 59.1 Å². The second kappa shape index (κ2) is 5.76. The summed E-state index contributed by atoms with van der Waals surface area (Å²) in [5.74, 6) is 0. The van der Waals surface area contributed by atoms with Gasteiger partial charge in [-0.25, -0.2) is 8.42 Å². The summed E-state index contributed by atoms with van der Waals surface area (Å²) in [5.41, 5.74) is 0.945. The van der Waals surface area contributed by atoms with Crippen molar-refractivity contribution in [2.24, 2.45) is 0 Å². The van der Waals surface area contributed by atoms with Gasteiger partial charge in [-0.15, -0.1) is 0 Å². The number of hydrogen-bond acceptors (Lipinski definition) is 3. The molecule has 0 spiro atoms. The minimum atomic E-state index is -3.86. The lowest BCUT2D eigenvalue weighted by Gasteiger charge is -2.11. The van der Waals surface area contributed by atoms with Gasteiger partial charge in [0.15, 0.2) is 0 Å². The van der Waals surface area contributed by atoms with Gasteiger partial charge in [0.05, 0.1) is 16.2 Å². The van der Waals surface area contributed by atoms with Gasteiger partial charge in [-0.3, -0.25) is 9.71 Å². The predicted octanol–water partition coefficient (Wildman–Crippen LogP) is 4.34. The van der Waals surface area contributed by atoms with Crippen LogP contribution in [0, 0.1) is 0 Å². The number of para-hydroxylation sites is 1. The number of nitrogens with one attached hydrogen (secondary N) is 1. The molecule has 1 aromatic heterocycles. The molecule has 112 valence electrons. The van der Waals surface area contributed by atoms with Crippen molar-refractivity contribution in [2.75, 3.05) is 4.72 Å². The van der Waals surface area contributed by atoms with Gasteiger partial charge < -0.3 is 0 Å². The summed E-state index contributed by atoms with van der Waals surface area (Å²) < 4.78 is 27.6. The van der Waals surface area contributed by atoms with Gasteiger partial charge in [-0.1, -0.05) is 41.4 Å². The largest absolute Gasteiger partial charge is 0.277 e. The number of nitrogens with zero attached hydrogens (tertiary/aromatic N) is 1. The predicted molar refractivity (Wildman–Crippen MR) is 89.0 cm³/mol. The molecule has 4 nitrogen and oxygen atoms in total. The first kappa shape index (κ1) is 15.1. The van der Waals surface area contributed by atoms with Crippen LogP contribution in [0.4, 0.5) is 5.69 Å². The Morgan fingerprint density at radius 3 is 2.59 bits per heavy atom. The van der Waals surface area contributed by atoms with Crippen LogP contribution < -0.4 is 4.72 Å². The van der Waals surface area contributed by atoms with E-state index in [0.29, 0.717) is 16.2 Å². The quantitative estimate of drug-likeness (QED) is 0.762. The zero-order chi connectivity index (χ0) is 15.7. The van der Waals surface area contributed by atoms with Crippen molar-refractivity contribution in [2.45, 2.75) is 4.90 Å². The fraction of sp³-hybridized carbons (Fsp3) is 0. The highest BCUT2D eigenvalue weighted by molar-refractivity contribution is 7.92. The summed E-state index contributed by atoms with van der Waals surface area (Å²) >= 11 is 11.8. The van der Waals surface area contributed by atoms with Crippen molar-refractivity contribution in [3.63, 3.8) is 0 Å². The lowest BCUT2D eigenvalue weighted by molar-refractivity contribution is 0.601. The smallest absolute Gasteiger partial charge is 0.263 e. The van der Waals surface area contributed by atoms with Crippen LogP contribution in [0.1, 0.15) is 0 Å². The summed E-state index contributed by atoms with van der Waals surface area (Å²) in [5, 5.41) is 1.23. The number of hydrogen-bond donors (Lipinski definition) is 1. The standard InChI is InChI=1S/C15H10Cl2N2O2S/c16-11-6-7-12(17)14(9-11)22(20,21)19-13-5-1-3-10-4-2-8-18-15(10)13/h1-9,19H. The van der Waals surface area contributed by atoms with Gasteiger partial charge in [-0.2, -0.15) is 0 Å². The third kappa shape index (κ3) is 2.88. The lowest BCUT2D eigenvalue weighted by Crippen LogP contribution is -2.14. The van der Waals surface area contributed by atoms with Crippen LogP contribution in [-0.2, 0) is 10.0 Å². The van der Waals surface area contributed by atoms with Crippen LogP contribution in [0.2, 0.25) is 10.0 Å². The second-order valence-electron chi connectivity index (χ2n) is 4.56. The average Bonchev–Trinajstić information content (AvgIpc) is 2.50. The van der Waals surface area contributed by atoms with E-state index in [2.05, 4.69) is 9.71 Å². The Hall–Kier alpha value is -1.82. The molecule has 3 rings (SSSR count). The lowest BCUT2D eigenvalue weighted by atomic mass is 10.2. The van der Waals surface area contributed by atoms with Crippen molar-refractivity contribution >= 4 is 49.8 Å². The monoisotopic (exact) mass is 352 g/mol. The van der Waals surface area contributed by atoms with Crippen LogP contribution in [-0.4, -0.2) is 13.4 Å². The van der Waals surface area contributed by atoms with Crippen LogP contribution in [0.25, 0.3) is 10.9 Å². The molecule has 3 aromatic rings. The summed E-state index contributed by atoms with van der Waals surface area (Å²) in [4.78, 5) is 4.14. The first-order chi connectivity index (χ1) is 10.5. The average molecular weight is 353 g/mol. The molecule has 7 heteroatoms. The van der Waals surface area contributed by atoms with E-state index in [-0.39, 0.29) is 9.92 Å². The Labute approximate surface area is 137 Å². The molecule has 1 N–H and O–H groups in total. The minimum absolute atomic E-state index is 0.0744. The number of anilines is 1. The van der Waals surface area contributed by atoms with Crippen LogP contribution >= 0.6 is 23.2 Å². The van der Waals surface area contributed by atoms with Crippen molar-refractivity contribution < 1.29 is 8.42 Å². The number of pyridine rings is 1. The first-order valence-corrected chi connectivity index (χ1v) is 8.53.